The highest BCUT2D eigenvalue weighted by Crippen LogP contribution is 2.39. The van der Waals surface area contributed by atoms with Crippen LogP contribution in [0.3, 0.4) is 0 Å². The molecule has 1 aliphatic rings. The van der Waals surface area contributed by atoms with Gasteiger partial charge in [-0.15, -0.1) is 0 Å². The lowest BCUT2D eigenvalue weighted by molar-refractivity contribution is -0.0980. The van der Waals surface area contributed by atoms with Gasteiger partial charge in [0.05, 0.1) is 0 Å². The van der Waals surface area contributed by atoms with Gasteiger partial charge in [-0.05, 0) is 62.9 Å². The second-order valence-corrected chi connectivity index (χ2v) is 8.24. The highest BCUT2D eigenvalue weighted by molar-refractivity contribution is 5.55. The van der Waals surface area contributed by atoms with E-state index in [2.05, 4.69) is 32.9 Å². The molecule has 2 aromatic carbocycles. The third kappa shape index (κ3) is 5.43. The SMILES string of the molecule is CCOC(O)CCc1ccc(OCc2cc(N)cc3c2OC(C)(C)C3)c(CC)c1. The second kappa shape index (κ2) is 9.06. The number of aliphatic hydroxyl groups is 1. The number of nitrogens with two attached hydrogens (primary N) is 1. The summed E-state index contributed by atoms with van der Waals surface area (Å²) in [5.41, 5.74) is 11.1. The van der Waals surface area contributed by atoms with E-state index < -0.39 is 6.29 Å². The highest BCUT2D eigenvalue weighted by atomic mass is 16.6. The molecule has 158 valence electrons. The summed E-state index contributed by atoms with van der Waals surface area (Å²) >= 11 is 0. The Hall–Kier alpha value is -2.24. The average Bonchev–Trinajstić information content (AvgIpc) is 2.98. The third-order valence-electron chi connectivity index (χ3n) is 5.19. The molecule has 0 bridgehead atoms. The van der Waals surface area contributed by atoms with E-state index in [4.69, 9.17) is 19.9 Å². The van der Waals surface area contributed by atoms with Crippen LogP contribution < -0.4 is 15.2 Å². The first-order valence-electron chi connectivity index (χ1n) is 10.5. The smallest absolute Gasteiger partial charge is 0.154 e. The molecule has 0 saturated heterocycles. The van der Waals surface area contributed by atoms with Crippen molar-refractivity contribution in [1.82, 2.24) is 0 Å². The molecule has 1 heterocycles. The fourth-order valence-electron chi connectivity index (χ4n) is 3.85. The Labute approximate surface area is 173 Å². The normalized spacial score (nSPS) is 15.6. The molecule has 0 saturated carbocycles. The van der Waals surface area contributed by atoms with Gasteiger partial charge in [0.25, 0.3) is 0 Å². The van der Waals surface area contributed by atoms with Crippen LogP contribution in [-0.4, -0.2) is 23.6 Å². The molecule has 3 N–H and O–H groups in total. The first-order chi connectivity index (χ1) is 13.8. The summed E-state index contributed by atoms with van der Waals surface area (Å²) in [5, 5.41) is 9.77. The van der Waals surface area contributed by atoms with Crippen molar-refractivity contribution in [2.24, 2.45) is 0 Å². The summed E-state index contributed by atoms with van der Waals surface area (Å²) in [7, 11) is 0. The second-order valence-electron chi connectivity index (χ2n) is 8.24. The molecule has 5 heteroatoms. The Morgan fingerprint density at radius 2 is 1.97 bits per heavy atom. The van der Waals surface area contributed by atoms with Crippen LogP contribution in [0.5, 0.6) is 11.5 Å². The lowest BCUT2D eigenvalue weighted by atomic mass is 10.00. The maximum Gasteiger partial charge on any atom is 0.154 e. The van der Waals surface area contributed by atoms with Crippen LogP contribution in [0.25, 0.3) is 0 Å². The fraction of sp³-hybridized carbons (Fsp3) is 0.500. The summed E-state index contributed by atoms with van der Waals surface area (Å²) in [6.07, 6.45) is 2.36. The molecule has 0 spiro atoms. The summed E-state index contributed by atoms with van der Waals surface area (Å²) in [6, 6.07) is 10.2. The number of aryl methyl sites for hydroxylation is 2. The van der Waals surface area contributed by atoms with Crippen molar-refractivity contribution in [3.8, 4) is 11.5 Å². The summed E-state index contributed by atoms with van der Waals surface area (Å²) in [4.78, 5) is 0. The molecule has 0 radical (unpaired) electrons. The lowest BCUT2D eigenvalue weighted by Gasteiger charge is -2.19. The number of aliphatic hydroxyl groups excluding tert-OH is 1. The van der Waals surface area contributed by atoms with Gasteiger partial charge in [-0.1, -0.05) is 19.1 Å². The third-order valence-corrected chi connectivity index (χ3v) is 5.19. The zero-order valence-electron chi connectivity index (χ0n) is 18.0. The maximum absolute atomic E-state index is 9.77. The van der Waals surface area contributed by atoms with Crippen molar-refractivity contribution in [2.75, 3.05) is 12.3 Å². The Balaban J connectivity index is 1.70. The van der Waals surface area contributed by atoms with Gasteiger partial charge in [0.15, 0.2) is 6.29 Å². The monoisotopic (exact) mass is 399 g/mol. The molecule has 0 amide bonds. The van der Waals surface area contributed by atoms with E-state index in [1.807, 2.05) is 25.1 Å². The topological polar surface area (TPSA) is 73.9 Å². The number of fused-ring (bicyclic) bond motifs is 1. The van der Waals surface area contributed by atoms with Gasteiger partial charge in [-0.25, -0.2) is 0 Å². The Kier molecular flexibility index (Phi) is 6.70. The van der Waals surface area contributed by atoms with Crippen molar-refractivity contribution in [2.45, 2.75) is 71.9 Å². The van der Waals surface area contributed by atoms with Crippen molar-refractivity contribution < 1.29 is 19.3 Å². The summed E-state index contributed by atoms with van der Waals surface area (Å²) in [6.45, 7) is 9.10. The molecule has 0 fully saturated rings. The molecule has 1 aliphatic heterocycles. The molecule has 5 nitrogen and oxygen atoms in total. The molecule has 0 aromatic heterocycles. The maximum atomic E-state index is 9.77. The zero-order valence-corrected chi connectivity index (χ0v) is 18.0. The van der Waals surface area contributed by atoms with Crippen LogP contribution in [0.1, 0.15) is 56.4 Å². The molecular formula is C24H33NO4. The van der Waals surface area contributed by atoms with Crippen molar-refractivity contribution in [3.63, 3.8) is 0 Å². The van der Waals surface area contributed by atoms with Crippen molar-refractivity contribution in [3.05, 3.63) is 52.6 Å². The number of ether oxygens (including phenoxy) is 3. The minimum Gasteiger partial charge on any atom is -0.488 e. The number of rotatable bonds is 9. The van der Waals surface area contributed by atoms with Gasteiger partial charge in [0.1, 0.15) is 23.7 Å². The van der Waals surface area contributed by atoms with Gasteiger partial charge >= 0.3 is 0 Å². The standard InChI is InChI=1S/C24H33NO4/c1-5-17-11-16(8-10-22(26)27-6-2)7-9-21(17)28-15-19-13-20(25)12-18-14-24(3,4)29-23(18)19/h7,9,11-13,22,26H,5-6,8,10,14-15,25H2,1-4H3. The van der Waals surface area contributed by atoms with Crippen molar-refractivity contribution >= 4 is 5.69 Å². The molecular weight excluding hydrogens is 366 g/mol. The number of benzene rings is 2. The molecule has 2 aromatic rings. The number of nitrogen functional groups attached to an aromatic ring is 1. The van der Waals surface area contributed by atoms with E-state index in [-0.39, 0.29) is 5.60 Å². The van der Waals surface area contributed by atoms with Crippen LogP contribution in [0.4, 0.5) is 5.69 Å². The number of hydrogen-bond acceptors (Lipinski definition) is 5. The predicted molar refractivity (Wildman–Crippen MR) is 115 cm³/mol. The van der Waals surface area contributed by atoms with E-state index in [1.165, 1.54) is 5.56 Å². The Bertz CT molecular complexity index is 847. The first kappa shape index (κ1) is 21.5. The molecule has 29 heavy (non-hydrogen) atoms. The van der Waals surface area contributed by atoms with E-state index >= 15 is 0 Å². The van der Waals surface area contributed by atoms with Crippen LogP contribution in [-0.2, 0) is 30.6 Å². The van der Waals surface area contributed by atoms with Gasteiger partial charge in [0, 0.05) is 36.3 Å². The van der Waals surface area contributed by atoms with Crippen molar-refractivity contribution in [1.29, 1.82) is 0 Å². The molecule has 1 atom stereocenters. The van der Waals surface area contributed by atoms with E-state index in [0.29, 0.717) is 19.6 Å². The van der Waals surface area contributed by atoms with E-state index in [0.717, 1.165) is 53.1 Å². The van der Waals surface area contributed by atoms with E-state index in [9.17, 15) is 5.11 Å². The average molecular weight is 400 g/mol. The number of hydrogen-bond donors (Lipinski definition) is 2. The Morgan fingerprint density at radius 1 is 1.17 bits per heavy atom. The van der Waals surface area contributed by atoms with Gasteiger partial charge in [-0.3, -0.25) is 0 Å². The highest BCUT2D eigenvalue weighted by Gasteiger charge is 2.32. The summed E-state index contributed by atoms with van der Waals surface area (Å²) in [5.74, 6) is 1.78. The molecule has 1 unspecified atom stereocenters. The molecule has 0 aliphatic carbocycles. The Morgan fingerprint density at radius 3 is 2.69 bits per heavy atom. The van der Waals surface area contributed by atoms with E-state index in [1.54, 1.807) is 0 Å². The fourth-order valence-corrected chi connectivity index (χ4v) is 3.85. The van der Waals surface area contributed by atoms with Gasteiger partial charge < -0.3 is 25.1 Å². The van der Waals surface area contributed by atoms with Crippen LogP contribution in [0.2, 0.25) is 0 Å². The predicted octanol–water partition coefficient (Wildman–Crippen LogP) is 4.41. The van der Waals surface area contributed by atoms with Crippen LogP contribution >= 0.6 is 0 Å². The summed E-state index contributed by atoms with van der Waals surface area (Å²) < 4.78 is 17.5. The lowest BCUT2D eigenvalue weighted by Crippen LogP contribution is -2.25. The largest absolute Gasteiger partial charge is 0.488 e. The van der Waals surface area contributed by atoms with Gasteiger partial charge in [-0.2, -0.15) is 0 Å². The minimum atomic E-state index is -0.712. The van der Waals surface area contributed by atoms with Crippen LogP contribution in [0.15, 0.2) is 30.3 Å². The first-order valence-corrected chi connectivity index (χ1v) is 10.5. The zero-order chi connectivity index (χ0) is 21.0. The van der Waals surface area contributed by atoms with Crippen LogP contribution in [0, 0.1) is 0 Å². The molecule has 3 rings (SSSR count). The number of anilines is 1. The quantitative estimate of drug-likeness (QED) is 0.483. The minimum absolute atomic E-state index is 0.215. The van der Waals surface area contributed by atoms with Gasteiger partial charge in [0.2, 0.25) is 0 Å².